The number of rotatable bonds is 7. The van der Waals surface area contributed by atoms with Crippen LogP contribution in [0.15, 0.2) is 52.5 Å². The van der Waals surface area contributed by atoms with Gasteiger partial charge in [0.05, 0.1) is 11.4 Å². The fourth-order valence-electron chi connectivity index (χ4n) is 3.62. The van der Waals surface area contributed by atoms with Crippen LogP contribution in [0.2, 0.25) is 0 Å². The molecule has 0 unspecified atom stereocenters. The molecular formula is C23H31IN4O2S. The second kappa shape index (κ2) is 11.0. The molecule has 6 nitrogen and oxygen atoms in total. The number of guanidine groups is 1. The van der Waals surface area contributed by atoms with E-state index in [-0.39, 0.29) is 24.0 Å². The highest BCUT2D eigenvalue weighted by Gasteiger charge is 2.11. The number of sulfone groups is 1. The van der Waals surface area contributed by atoms with Crippen LogP contribution in [0.5, 0.6) is 0 Å². The van der Waals surface area contributed by atoms with Crippen LogP contribution in [0.4, 0.5) is 0 Å². The SMILES string of the molecule is CCNC(=NCc1ccc(S(C)(=O)=O)c(C)c1)NCCc1c[nH]c2c(C)cccc12.I. The number of fused-ring (bicyclic) bond motifs is 1. The van der Waals surface area contributed by atoms with Crippen molar-refractivity contribution in [3.63, 3.8) is 0 Å². The predicted molar refractivity (Wildman–Crippen MR) is 139 cm³/mol. The fourth-order valence-corrected chi connectivity index (χ4v) is 4.58. The van der Waals surface area contributed by atoms with Gasteiger partial charge in [-0.15, -0.1) is 24.0 Å². The number of hydrogen-bond acceptors (Lipinski definition) is 3. The number of H-pyrrole nitrogens is 1. The first-order valence-corrected chi connectivity index (χ1v) is 12.1. The van der Waals surface area contributed by atoms with E-state index < -0.39 is 9.84 Å². The zero-order valence-corrected chi connectivity index (χ0v) is 21.6. The number of benzene rings is 2. The van der Waals surface area contributed by atoms with E-state index in [0.717, 1.165) is 36.6 Å². The van der Waals surface area contributed by atoms with Crippen molar-refractivity contribution in [2.75, 3.05) is 19.3 Å². The van der Waals surface area contributed by atoms with Crippen LogP contribution >= 0.6 is 24.0 Å². The molecule has 0 bridgehead atoms. The Kier molecular flexibility index (Phi) is 8.93. The van der Waals surface area contributed by atoms with Crippen molar-refractivity contribution in [1.82, 2.24) is 15.6 Å². The molecule has 0 amide bonds. The van der Waals surface area contributed by atoms with Crippen LogP contribution < -0.4 is 10.6 Å². The number of para-hydroxylation sites is 1. The Morgan fingerprint density at radius 1 is 1.10 bits per heavy atom. The summed E-state index contributed by atoms with van der Waals surface area (Å²) in [5.74, 6) is 0.748. The number of nitrogens with zero attached hydrogens (tertiary/aromatic N) is 1. The maximum absolute atomic E-state index is 11.8. The minimum Gasteiger partial charge on any atom is -0.361 e. The van der Waals surface area contributed by atoms with Crippen molar-refractivity contribution in [2.45, 2.75) is 38.6 Å². The number of nitrogens with one attached hydrogen (secondary N) is 3. The van der Waals surface area contributed by atoms with Crippen LogP contribution in [0.1, 0.15) is 29.2 Å². The summed E-state index contributed by atoms with van der Waals surface area (Å²) in [6.45, 7) is 7.97. The van der Waals surface area contributed by atoms with Crippen LogP contribution in [0, 0.1) is 13.8 Å². The first-order chi connectivity index (χ1) is 14.3. The second-order valence-corrected chi connectivity index (χ2v) is 9.54. The Labute approximate surface area is 201 Å². The van der Waals surface area contributed by atoms with Crippen molar-refractivity contribution < 1.29 is 8.42 Å². The lowest BCUT2D eigenvalue weighted by Crippen LogP contribution is -2.38. The minimum atomic E-state index is -3.21. The molecule has 0 aliphatic carbocycles. The van der Waals surface area contributed by atoms with Gasteiger partial charge in [0.1, 0.15) is 0 Å². The minimum absolute atomic E-state index is 0. The van der Waals surface area contributed by atoms with Gasteiger partial charge in [-0.2, -0.15) is 0 Å². The lowest BCUT2D eigenvalue weighted by Gasteiger charge is -2.12. The zero-order chi connectivity index (χ0) is 21.7. The third-order valence-corrected chi connectivity index (χ3v) is 6.36. The smallest absolute Gasteiger partial charge is 0.191 e. The average molecular weight is 554 g/mol. The quantitative estimate of drug-likeness (QED) is 0.233. The number of aryl methyl sites for hydroxylation is 2. The van der Waals surface area contributed by atoms with E-state index in [1.807, 2.05) is 26.0 Å². The molecule has 0 aliphatic rings. The van der Waals surface area contributed by atoms with Crippen LogP contribution in [0.3, 0.4) is 0 Å². The molecule has 0 fully saturated rings. The van der Waals surface area contributed by atoms with Crippen LogP contribution in [-0.2, 0) is 22.8 Å². The van der Waals surface area contributed by atoms with Crippen molar-refractivity contribution in [2.24, 2.45) is 4.99 Å². The number of halogens is 1. The summed E-state index contributed by atoms with van der Waals surface area (Å²) < 4.78 is 23.6. The lowest BCUT2D eigenvalue weighted by molar-refractivity contribution is 0.601. The average Bonchev–Trinajstić information content (AvgIpc) is 3.09. The van der Waals surface area contributed by atoms with E-state index in [9.17, 15) is 8.42 Å². The van der Waals surface area contributed by atoms with Crippen molar-refractivity contribution in [3.05, 3.63) is 64.8 Å². The maximum Gasteiger partial charge on any atom is 0.191 e. The first kappa shape index (κ1) is 25.2. The fraction of sp³-hybridized carbons (Fsp3) is 0.348. The van der Waals surface area contributed by atoms with Crippen LogP contribution in [-0.4, -0.2) is 38.7 Å². The highest BCUT2D eigenvalue weighted by Crippen LogP contribution is 2.21. The van der Waals surface area contributed by atoms with E-state index in [1.165, 1.54) is 28.3 Å². The molecule has 3 aromatic rings. The monoisotopic (exact) mass is 554 g/mol. The summed E-state index contributed by atoms with van der Waals surface area (Å²) in [6.07, 6.45) is 4.20. The standard InChI is InChI=1S/C23H30N4O2S.HI/c1-5-24-23(27-14-18-9-10-21(17(3)13-18)30(4,28)29)25-12-11-19-15-26-22-16(2)7-6-8-20(19)22;/h6-10,13,15,26H,5,11-12,14H2,1-4H3,(H2,24,25,27);1H. The maximum atomic E-state index is 11.8. The van der Waals surface area contributed by atoms with Gasteiger partial charge in [-0.25, -0.2) is 13.4 Å². The molecule has 0 atom stereocenters. The number of hydrogen-bond donors (Lipinski definition) is 3. The Bertz CT molecular complexity index is 1170. The van der Waals surface area contributed by atoms with Gasteiger partial charge in [0.25, 0.3) is 0 Å². The largest absolute Gasteiger partial charge is 0.361 e. The molecule has 31 heavy (non-hydrogen) atoms. The normalized spacial score (nSPS) is 11.9. The van der Waals surface area contributed by atoms with E-state index in [2.05, 4.69) is 51.9 Å². The summed E-state index contributed by atoms with van der Waals surface area (Å²) in [5, 5.41) is 7.92. The Morgan fingerprint density at radius 3 is 2.55 bits per heavy atom. The Balaban J connectivity index is 0.00000341. The van der Waals surface area contributed by atoms with Crippen molar-refractivity contribution in [3.8, 4) is 0 Å². The molecule has 0 radical (unpaired) electrons. The van der Waals surface area contributed by atoms with Crippen molar-refractivity contribution >= 4 is 50.7 Å². The summed E-state index contributed by atoms with van der Waals surface area (Å²) in [6, 6.07) is 11.7. The third kappa shape index (κ3) is 6.46. The van der Waals surface area contributed by atoms with Gasteiger partial charge in [-0.3, -0.25) is 0 Å². The molecule has 0 aliphatic heterocycles. The topological polar surface area (TPSA) is 86.3 Å². The highest BCUT2D eigenvalue weighted by molar-refractivity contribution is 14.0. The molecule has 0 spiro atoms. The second-order valence-electron chi connectivity index (χ2n) is 7.56. The van der Waals surface area contributed by atoms with E-state index in [0.29, 0.717) is 11.4 Å². The van der Waals surface area contributed by atoms with E-state index in [1.54, 1.807) is 6.07 Å². The molecule has 1 aromatic heterocycles. The number of aromatic nitrogens is 1. The van der Waals surface area contributed by atoms with Gasteiger partial charge in [0.15, 0.2) is 15.8 Å². The summed E-state index contributed by atoms with van der Waals surface area (Å²) >= 11 is 0. The molecule has 3 rings (SSSR count). The number of aliphatic imine (C=N–C) groups is 1. The molecule has 8 heteroatoms. The van der Waals surface area contributed by atoms with Gasteiger partial charge in [0.2, 0.25) is 0 Å². The van der Waals surface area contributed by atoms with Gasteiger partial charge in [-0.1, -0.05) is 30.3 Å². The third-order valence-electron chi connectivity index (χ3n) is 5.10. The molecule has 1 heterocycles. The molecular weight excluding hydrogens is 523 g/mol. The Hall–Kier alpha value is -2.07. The Morgan fingerprint density at radius 2 is 1.87 bits per heavy atom. The van der Waals surface area contributed by atoms with Gasteiger partial charge in [-0.05, 0) is 55.5 Å². The molecule has 2 aromatic carbocycles. The zero-order valence-electron chi connectivity index (χ0n) is 18.5. The lowest BCUT2D eigenvalue weighted by atomic mass is 10.1. The summed E-state index contributed by atoms with van der Waals surface area (Å²) in [7, 11) is -3.21. The summed E-state index contributed by atoms with van der Waals surface area (Å²) in [4.78, 5) is 8.39. The van der Waals surface area contributed by atoms with Gasteiger partial charge >= 0.3 is 0 Å². The summed E-state index contributed by atoms with van der Waals surface area (Å²) in [5.41, 5.74) is 5.45. The van der Waals surface area contributed by atoms with Crippen molar-refractivity contribution in [1.29, 1.82) is 0 Å². The first-order valence-electron chi connectivity index (χ1n) is 10.2. The van der Waals surface area contributed by atoms with E-state index >= 15 is 0 Å². The molecule has 3 N–H and O–H groups in total. The predicted octanol–water partition coefficient (Wildman–Crippen LogP) is 4.10. The van der Waals surface area contributed by atoms with Gasteiger partial charge < -0.3 is 15.6 Å². The van der Waals surface area contributed by atoms with Gasteiger partial charge in [0, 0.05) is 36.4 Å². The van der Waals surface area contributed by atoms with Crippen LogP contribution in [0.25, 0.3) is 10.9 Å². The van der Waals surface area contributed by atoms with E-state index in [4.69, 9.17) is 0 Å². The molecule has 0 saturated carbocycles. The number of aromatic amines is 1. The molecule has 168 valence electrons. The highest BCUT2D eigenvalue weighted by atomic mass is 127. The molecule has 0 saturated heterocycles.